The molecule has 2 saturated carbocycles. The van der Waals surface area contributed by atoms with Crippen molar-refractivity contribution in [2.45, 2.75) is 122 Å². The van der Waals surface area contributed by atoms with Gasteiger partial charge in [0.2, 0.25) is 0 Å². The van der Waals surface area contributed by atoms with Crippen LogP contribution in [0.25, 0.3) is 0 Å². The second-order valence-electron chi connectivity index (χ2n) is 13.6. The van der Waals surface area contributed by atoms with E-state index in [0.717, 1.165) is 50.5 Å². The lowest BCUT2D eigenvalue weighted by Gasteiger charge is -2.50. The zero-order valence-corrected chi connectivity index (χ0v) is 26.4. The molecule has 4 N–H and O–H groups in total. The van der Waals surface area contributed by atoms with Gasteiger partial charge >= 0.3 is 6.18 Å². The first kappa shape index (κ1) is 35.3. The minimum absolute atomic E-state index is 0.0191. The molecular weight excluding hydrogens is 541 g/mol. The zero-order chi connectivity index (χ0) is 31.0. The van der Waals surface area contributed by atoms with Crippen LogP contribution in [0.4, 0.5) is 13.2 Å². The van der Waals surface area contributed by atoms with Gasteiger partial charge in [-0.1, -0.05) is 39.8 Å². The van der Waals surface area contributed by atoms with Gasteiger partial charge < -0.3 is 25.7 Å². The number of halogens is 3. The number of aliphatic hydroxyl groups excluding tert-OH is 2. The fourth-order valence-electron chi connectivity index (χ4n) is 7.76. The molecule has 1 saturated heterocycles. The smallest absolute Gasteiger partial charge is 0.392 e. The zero-order valence-electron chi connectivity index (χ0n) is 26.4. The van der Waals surface area contributed by atoms with Crippen LogP contribution >= 0.6 is 0 Å². The van der Waals surface area contributed by atoms with Crippen LogP contribution in [0, 0.1) is 46.8 Å². The van der Waals surface area contributed by atoms with E-state index in [2.05, 4.69) is 25.7 Å². The molecule has 0 aromatic carbocycles. The Morgan fingerprint density at radius 2 is 1.88 bits per heavy atom. The van der Waals surface area contributed by atoms with Gasteiger partial charge in [-0.15, -0.1) is 0 Å². The highest BCUT2D eigenvalue weighted by atomic mass is 19.4. The van der Waals surface area contributed by atoms with E-state index in [1.54, 1.807) is 7.11 Å². The molecule has 0 bridgehead atoms. The lowest BCUT2D eigenvalue weighted by Crippen LogP contribution is -2.60. The largest absolute Gasteiger partial charge is 0.396 e. The van der Waals surface area contributed by atoms with Crippen molar-refractivity contribution in [2.24, 2.45) is 41.4 Å². The number of hydrogen-bond acceptors (Lipinski definition) is 5. The van der Waals surface area contributed by atoms with Gasteiger partial charge in [0, 0.05) is 37.9 Å². The Hall–Kier alpha value is -1.22. The Kier molecular flexibility index (Phi) is 13.6. The lowest BCUT2D eigenvalue weighted by molar-refractivity contribution is -0.203. The first-order chi connectivity index (χ1) is 19.9. The molecule has 0 aromatic heterocycles. The van der Waals surface area contributed by atoms with Gasteiger partial charge in [0.15, 0.2) is 0 Å². The SMILES string of the molecule is C=C1C(CCC(C)CC)NC1C1CC(C(=N)CC(O)C2CCC(CC=C(CC)COC)C(C(F)(F)F)C2)CCC1CO. The molecule has 242 valence electrons. The van der Waals surface area contributed by atoms with Gasteiger partial charge in [-0.2, -0.15) is 13.2 Å². The van der Waals surface area contributed by atoms with Crippen LogP contribution in [0.2, 0.25) is 0 Å². The summed E-state index contributed by atoms with van der Waals surface area (Å²) in [6.07, 6.45) is 4.55. The van der Waals surface area contributed by atoms with Crippen molar-refractivity contribution in [1.82, 2.24) is 5.32 Å². The van der Waals surface area contributed by atoms with Crippen molar-refractivity contribution in [3.8, 4) is 0 Å². The van der Waals surface area contributed by atoms with E-state index in [1.165, 1.54) is 5.57 Å². The third kappa shape index (κ3) is 9.15. The van der Waals surface area contributed by atoms with Gasteiger partial charge in [-0.25, -0.2) is 0 Å². The Labute approximate surface area is 252 Å². The highest BCUT2D eigenvalue weighted by Gasteiger charge is 2.49. The van der Waals surface area contributed by atoms with Gasteiger partial charge in [0.25, 0.3) is 0 Å². The third-order valence-electron chi connectivity index (χ3n) is 11.0. The molecule has 10 unspecified atom stereocenters. The second kappa shape index (κ2) is 16.2. The predicted octanol–water partition coefficient (Wildman–Crippen LogP) is 7.47. The van der Waals surface area contributed by atoms with Crippen molar-refractivity contribution in [1.29, 1.82) is 5.41 Å². The van der Waals surface area contributed by atoms with E-state index in [0.29, 0.717) is 43.5 Å². The fourth-order valence-corrected chi connectivity index (χ4v) is 7.76. The summed E-state index contributed by atoms with van der Waals surface area (Å²) in [5.41, 5.74) is 2.67. The van der Waals surface area contributed by atoms with Crippen LogP contribution in [0.5, 0.6) is 0 Å². The number of aliphatic hydroxyl groups is 2. The number of methoxy groups -OCH3 is 1. The van der Waals surface area contributed by atoms with Crippen LogP contribution in [0.15, 0.2) is 23.8 Å². The molecule has 2 aliphatic carbocycles. The predicted molar refractivity (Wildman–Crippen MR) is 164 cm³/mol. The van der Waals surface area contributed by atoms with Crippen molar-refractivity contribution >= 4 is 5.71 Å². The van der Waals surface area contributed by atoms with E-state index in [4.69, 9.17) is 10.1 Å². The highest BCUT2D eigenvalue weighted by molar-refractivity contribution is 5.84. The molecular formula is C34H57F3N2O3. The minimum Gasteiger partial charge on any atom is -0.396 e. The molecule has 0 aromatic rings. The van der Waals surface area contributed by atoms with Crippen molar-refractivity contribution in [2.75, 3.05) is 20.3 Å². The third-order valence-corrected chi connectivity index (χ3v) is 11.0. The molecule has 1 heterocycles. The molecule has 5 nitrogen and oxygen atoms in total. The molecule has 1 aliphatic heterocycles. The van der Waals surface area contributed by atoms with E-state index < -0.39 is 30.0 Å². The van der Waals surface area contributed by atoms with E-state index in [-0.39, 0.29) is 43.2 Å². The fraction of sp³-hybridized carbons (Fsp3) is 0.853. The van der Waals surface area contributed by atoms with E-state index in [9.17, 15) is 23.4 Å². The van der Waals surface area contributed by atoms with E-state index in [1.807, 2.05) is 13.0 Å². The molecule has 3 rings (SSSR count). The summed E-state index contributed by atoms with van der Waals surface area (Å²) in [5.74, 6) is -1.38. The average molecular weight is 599 g/mol. The summed E-state index contributed by atoms with van der Waals surface area (Å²) in [6.45, 7) is 11.4. The number of alkyl halides is 3. The minimum atomic E-state index is -4.31. The summed E-state index contributed by atoms with van der Waals surface area (Å²) >= 11 is 0. The van der Waals surface area contributed by atoms with Crippen LogP contribution < -0.4 is 5.32 Å². The van der Waals surface area contributed by atoms with Crippen LogP contribution in [-0.4, -0.2) is 60.6 Å². The number of rotatable bonds is 15. The number of ether oxygens (including phenoxy) is 1. The number of hydrogen-bond donors (Lipinski definition) is 4. The van der Waals surface area contributed by atoms with Gasteiger partial charge in [-0.05, 0) is 111 Å². The van der Waals surface area contributed by atoms with Gasteiger partial charge in [0.05, 0.1) is 18.6 Å². The van der Waals surface area contributed by atoms with Crippen molar-refractivity contribution in [3.63, 3.8) is 0 Å². The Balaban J connectivity index is 1.57. The standard InChI is InChI=1S/C34H57F3N2O3/c1-6-21(3)8-15-31-22(4)33(39-31)28-16-25(12-14-27(28)19-40)30(38)18-32(41)26-13-11-24(29(17-26)34(35,36)37)10-9-23(7-2)20-42-5/h9,21,24-29,31-33,38-41H,4,6-8,10-20H2,1-3,5H3. The molecule has 0 spiro atoms. The first-order valence-electron chi connectivity index (χ1n) is 16.5. The second-order valence-corrected chi connectivity index (χ2v) is 13.6. The van der Waals surface area contributed by atoms with Crippen LogP contribution in [0.1, 0.15) is 97.8 Å². The monoisotopic (exact) mass is 598 g/mol. The van der Waals surface area contributed by atoms with E-state index >= 15 is 0 Å². The summed E-state index contributed by atoms with van der Waals surface area (Å²) in [4.78, 5) is 0. The maximum atomic E-state index is 14.1. The molecule has 3 aliphatic rings. The highest BCUT2D eigenvalue weighted by Crippen LogP contribution is 2.47. The average Bonchev–Trinajstić information content (AvgIpc) is 2.97. The van der Waals surface area contributed by atoms with Gasteiger partial charge in [0.1, 0.15) is 0 Å². The van der Waals surface area contributed by atoms with Crippen molar-refractivity contribution in [3.05, 3.63) is 23.8 Å². The quantitative estimate of drug-likeness (QED) is 0.116. The maximum absolute atomic E-state index is 14.1. The summed E-state index contributed by atoms with van der Waals surface area (Å²) in [7, 11) is 1.59. The number of allylic oxidation sites excluding steroid dienone is 1. The Bertz CT molecular complexity index is 907. The van der Waals surface area contributed by atoms with Crippen LogP contribution in [0.3, 0.4) is 0 Å². The van der Waals surface area contributed by atoms with Crippen molar-refractivity contribution < 1.29 is 28.1 Å². The summed E-state index contributed by atoms with van der Waals surface area (Å²) < 4.78 is 47.6. The summed E-state index contributed by atoms with van der Waals surface area (Å²) in [6, 6.07) is 0.448. The van der Waals surface area contributed by atoms with Crippen LogP contribution in [-0.2, 0) is 4.74 Å². The first-order valence-corrected chi connectivity index (χ1v) is 16.5. The molecule has 8 heteroatoms. The summed E-state index contributed by atoms with van der Waals surface area (Å²) in [5, 5.41) is 33.8. The molecule has 10 atom stereocenters. The Morgan fingerprint density at radius 3 is 2.48 bits per heavy atom. The lowest BCUT2D eigenvalue weighted by atomic mass is 9.64. The Morgan fingerprint density at radius 1 is 1.17 bits per heavy atom. The number of nitrogens with one attached hydrogen (secondary N) is 2. The molecule has 3 fully saturated rings. The topological polar surface area (TPSA) is 85.6 Å². The van der Waals surface area contributed by atoms with Gasteiger partial charge in [-0.3, -0.25) is 0 Å². The molecule has 0 amide bonds. The normalized spacial score (nSPS) is 34.1. The maximum Gasteiger partial charge on any atom is 0.392 e. The molecule has 0 radical (unpaired) electrons. The molecule has 42 heavy (non-hydrogen) atoms.